The van der Waals surface area contributed by atoms with E-state index in [1.807, 2.05) is 36.5 Å². The summed E-state index contributed by atoms with van der Waals surface area (Å²) in [6.45, 7) is 2.26. The van der Waals surface area contributed by atoms with Gasteiger partial charge in [-0.15, -0.1) is 0 Å². The Balaban J connectivity index is 1.32. The molecule has 5 heteroatoms. The zero-order valence-electron chi connectivity index (χ0n) is 14.3. The molecule has 0 spiro atoms. The van der Waals surface area contributed by atoms with Crippen LogP contribution in [0.5, 0.6) is 0 Å². The molecule has 2 aliphatic heterocycles. The molecule has 2 aliphatic rings. The van der Waals surface area contributed by atoms with E-state index in [4.69, 9.17) is 4.74 Å². The Morgan fingerprint density at radius 2 is 2.08 bits per heavy atom. The fraction of sp³-hybridized carbons (Fsp3) is 0.400. The lowest BCUT2D eigenvalue weighted by Gasteiger charge is -2.34. The molecule has 2 fully saturated rings. The zero-order chi connectivity index (χ0) is 17.1. The van der Waals surface area contributed by atoms with E-state index in [1.165, 1.54) is 25.5 Å². The first-order valence-corrected chi connectivity index (χ1v) is 9.01. The number of carbonyl (C=O) groups is 1. The number of esters is 1. The maximum atomic E-state index is 12.1. The molecule has 2 saturated heterocycles. The third-order valence-corrected chi connectivity index (χ3v) is 5.09. The van der Waals surface area contributed by atoms with Crippen LogP contribution in [0.2, 0.25) is 0 Å². The SMILES string of the molecule is O=C(/C=C/c1cnn(-c2ccccc2)c1)OC1CCN2CCCC2C1. The lowest BCUT2D eigenvalue weighted by molar-refractivity contribution is -0.145. The highest BCUT2D eigenvalue weighted by atomic mass is 16.5. The molecular weight excluding hydrogens is 314 g/mol. The molecule has 0 saturated carbocycles. The van der Waals surface area contributed by atoms with Crippen LogP contribution in [0.4, 0.5) is 0 Å². The minimum atomic E-state index is -0.260. The Morgan fingerprint density at radius 1 is 1.20 bits per heavy atom. The predicted octanol–water partition coefficient (Wildman–Crippen LogP) is 3.06. The highest BCUT2D eigenvalue weighted by Crippen LogP contribution is 2.28. The van der Waals surface area contributed by atoms with Crippen LogP contribution in [0.15, 0.2) is 48.8 Å². The van der Waals surface area contributed by atoms with E-state index in [2.05, 4.69) is 10.00 Å². The van der Waals surface area contributed by atoms with Crippen molar-refractivity contribution in [3.05, 3.63) is 54.4 Å². The van der Waals surface area contributed by atoms with E-state index >= 15 is 0 Å². The predicted molar refractivity (Wildman–Crippen MR) is 96.3 cm³/mol. The van der Waals surface area contributed by atoms with Crippen LogP contribution < -0.4 is 0 Å². The average Bonchev–Trinajstić information content (AvgIpc) is 3.30. The second-order valence-electron chi connectivity index (χ2n) is 6.80. The number of rotatable bonds is 4. The average molecular weight is 337 g/mol. The van der Waals surface area contributed by atoms with Crippen molar-refractivity contribution in [1.29, 1.82) is 0 Å². The monoisotopic (exact) mass is 337 g/mol. The third kappa shape index (κ3) is 3.82. The Hall–Kier alpha value is -2.40. The van der Waals surface area contributed by atoms with E-state index in [0.717, 1.165) is 30.6 Å². The van der Waals surface area contributed by atoms with E-state index in [0.29, 0.717) is 6.04 Å². The number of fused-ring (bicyclic) bond motifs is 1. The van der Waals surface area contributed by atoms with Gasteiger partial charge in [0.2, 0.25) is 0 Å². The lowest BCUT2D eigenvalue weighted by Crippen LogP contribution is -2.41. The number of hydrogen-bond donors (Lipinski definition) is 0. The summed E-state index contributed by atoms with van der Waals surface area (Å²) in [4.78, 5) is 14.6. The maximum absolute atomic E-state index is 12.1. The van der Waals surface area contributed by atoms with Gasteiger partial charge >= 0.3 is 5.97 Å². The summed E-state index contributed by atoms with van der Waals surface area (Å²) in [7, 11) is 0. The van der Waals surface area contributed by atoms with Crippen LogP contribution in [0.1, 0.15) is 31.2 Å². The molecule has 3 heterocycles. The highest BCUT2D eigenvalue weighted by molar-refractivity contribution is 5.87. The van der Waals surface area contributed by atoms with Gasteiger partial charge in [0.1, 0.15) is 6.10 Å². The summed E-state index contributed by atoms with van der Waals surface area (Å²) < 4.78 is 7.43. The number of ether oxygens (including phenoxy) is 1. The first kappa shape index (κ1) is 16.1. The van der Waals surface area contributed by atoms with Crippen molar-refractivity contribution in [3.8, 4) is 5.69 Å². The summed E-state index contributed by atoms with van der Waals surface area (Å²) >= 11 is 0. The standard InChI is InChI=1S/C20H23N3O2/c24-20(25-19-10-12-22-11-4-7-18(22)13-19)9-8-16-14-21-23(15-16)17-5-2-1-3-6-17/h1-3,5-6,8-9,14-15,18-19H,4,7,10-13H2/b9-8+. The number of carbonyl (C=O) groups excluding carboxylic acids is 1. The number of hydrogen-bond acceptors (Lipinski definition) is 4. The fourth-order valence-electron chi connectivity index (χ4n) is 3.81. The number of piperidine rings is 1. The van der Waals surface area contributed by atoms with Crippen LogP contribution in [0, 0.1) is 0 Å². The largest absolute Gasteiger partial charge is 0.459 e. The normalized spacial score (nSPS) is 23.7. The molecule has 1 aromatic carbocycles. The molecule has 0 bridgehead atoms. The van der Waals surface area contributed by atoms with Crippen LogP contribution in [0.25, 0.3) is 11.8 Å². The smallest absolute Gasteiger partial charge is 0.331 e. The number of aromatic nitrogens is 2. The van der Waals surface area contributed by atoms with E-state index in [1.54, 1.807) is 17.0 Å². The Bertz CT molecular complexity index is 753. The van der Waals surface area contributed by atoms with Gasteiger partial charge in [0.05, 0.1) is 11.9 Å². The summed E-state index contributed by atoms with van der Waals surface area (Å²) in [6, 6.07) is 10.5. The van der Waals surface area contributed by atoms with Crippen LogP contribution in [-0.2, 0) is 9.53 Å². The topological polar surface area (TPSA) is 47.4 Å². The first-order chi connectivity index (χ1) is 12.3. The quantitative estimate of drug-likeness (QED) is 0.635. The van der Waals surface area contributed by atoms with Crippen molar-refractivity contribution in [2.75, 3.05) is 13.1 Å². The number of para-hydroxylation sites is 1. The molecule has 0 aliphatic carbocycles. The van der Waals surface area contributed by atoms with Gasteiger partial charge in [-0.2, -0.15) is 5.10 Å². The molecule has 0 N–H and O–H groups in total. The Labute approximate surface area is 147 Å². The van der Waals surface area contributed by atoms with Gasteiger partial charge in [-0.05, 0) is 50.4 Å². The molecule has 130 valence electrons. The van der Waals surface area contributed by atoms with E-state index in [9.17, 15) is 4.79 Å². The molecule has 2 atom stereocenters. The first-order valence-electron chi connectivity index (χ1n) is 9.01. The van der Waals surface area contributed by atoms with Gasteiger partial charge in [0.15, 0.2) is 0 Å². The second-order valence-corrected chi connectivity index (χ2v) is 6.80. The molecule has 25 heavy (non-hydrogen) atoms. The molecule has 1 aromatic heterocycles. The zero-order valence-corrected chi connectivity index (χ0v) is 14.3. The van der Waals surface area contributed by atoms with E-state index in [-0.39, 0.29) is 12.1 Å². The summed E-state index contributed by atoms with van der Waals surface area (Å²) in [5, 5.41) is 4.32. The third-order valence-electron chi connectivity index (χ3n) is 5.09. The Kier molecular flexibility index (Phi) is 4.65. The highest BCUT2D eigenvalue weighted by Gasteiger charge is 2.32. The molecule has 2 aromatic rings. The van der Waals surface area contributed by atoms with Crippen molar-refractivity contribution in [3.63, 3.8) is 0 Å². The molecule has 5 nitrogen and oxygen atoms in total. The number of nitrogens with zero attached hydrogens (tertiary/aromatic N) is 3. The maximum Gasteiger partial charge on any atom is 0.331 e. The van der Waals surface area contributed by atoms with E-state index < -0.39 is 0 Å². The second kappa shape index (κ2) is 7.23. The molecule has 0 radical (unpaired) electrons. The molecular formula is C20H23N3O2. The van der Waals surface area contributed by atoms with Crippen molar-refractivity contribution in [2.45, 2.75) is 37.8 Å². The van der Waals surface area contributed by atoms with Crippen LogP contribution >= 0.6 is 0 Å². The van der Waals surface area contributed by atoms with Crippen molar-refractivity contribution < 1.29 is 9.53 Å². The van der Waals surface area contributed by atoms with Gasteiger partial charge in [0, 0.05) is 30.4 Å². The van der Waals surface area contributed by atoms with Crippen molar-refractivity contribution in [1.82, 2.24) is 14.7 Å². The minimum absolute atomic E-state index is 0.0588. The van der Waals surface area contributed by atoms with Gasteiger partial charge < -0.3 is 9.64 Å². The lowest BCUT2D eigenvalue weighted by atomic mass is 10.00. The summed E-state index contributed by atoms with van der Waals surface area (Å²) in [6.07, 6.45) is 11.4. The van der Waals surface area contributed by atoms with Crippen molar-refractivity contribution >= 4 is 12.0 Å². The summed E-state index contributed by atoms with van der Waals surface area (Å²) in [5.41, 5.74) is 1.87. The van der Waals surface area contributed by atoms with Gasteiger partial charge in [-0.1, -0.05) is 18.2 Å². The van der Waals surface area contributed by atoms with Gasteiger partial charge in [-0.3, -0.25) is 0 Å². The minimum Gasteiger partial charge on any atom is -0.459 e. The Morgan fingerprint density at radius 3 is 2.96 bits per heavy atom. The van der Waals surface area contributed by atoms with Gasteiger partial charge in [-0.25, -0.2) is 9.48 Å². The number of benzene rings is 1. The molecule has 0 amide bonds. The molecule has 4 rings (SSSR count). The van der Waals surface area contributed by atoms with Crippen molar-refractivity contribution in [2.24, 2.45) is 0 Å². The fourth-order valence-corrected chi connectivity index (χ4v) is 3.81. The summed E-state index contributed by atoms with van der Waals surface area (Å²) in [5.74, 6) is -0.260. The van der Waals surface area contributed by atoms with Crippen LogP contribution in [0.3, 0.4) is 0 Å². The molecule has 2 unspecified atom stereocenters. The van der Waals surface area contributed by atoms with Crippen LogP contribution in [-0.4, -0.2) is 45.9 Å². The van der Waals surface area contributed by atoms with Gasteiger partial charge in [0.25, 0.3) is 0 Å².